The molecule has 0 unspecified atom stereocenters. The molecule has 0 saturated heterocycles. The van der Waals surface area contributed by atoms with Gasteiger partial charge in [0, 0.05) is 5.41 Å². The van der Waals surface area contributed by atoms with E-state index in [1.165, 1.54) is 19.3 Å². The molecule has 0 aliphatic heterocycles. The summed E-state index contributed by atoms with van der Waals surface area (Å²) < 4.78 is 0. The van der Waals surface area contributed by atoms with Gasteiger partial charge in [0.2, 0.25) is 0 Å². The van der Waals surface area contributed by atoms with E-state index in [-0.39, 0.29) is 18.1 Å². The van der Waals surface area contributed by atoms with Crippen LogP contribution in [-0.4, -0.2) is 30.1 Å². The molecule has 18 heavy (non-hydrogen) atoms. The van der Waals surface area contributed by atoms with Gasteiger partial charge < -0.3 is 10.4 Å². The maximum Gasteiger partial charge on any atom is 0.195 e. The van der Waals surface area contributed by atoms with Crippen LogP contribution in [0.15, 0.2) is 0 Å². The summed E-state index contributed by atoms with van der Waals surface area (Å²) >= 11 is 0. The lowest BCUT2D eigenvalue weighted by molar-refractivity contribution is -0.675. The molecular formula is C15H26NO2+. The van der Waals surface area contributed by atoms with Crippen molar-refractivity contribution in [1.82, 2.24) is 0 Å². The molecule has 0 radical (unpaired) electrons. The molecule has 4 saturated carbocycles. The highest BCUT2D eigenvalue weighted by Crippen LogP contribution is 2.60. The van der Waals surface area contributed by atoms with Crippen molar-refractivity contribution in [1.29, 1.82) is 0 Å². The molecule has 4 rings (SSSR count). The molecule has 0 amide bonds. The Kier molecular flexibility index (Phi) is 3.23. The maximum atomic E-state index is 12.8. The predicted molar refractivity (Wildman–Crippen MR) is 69.0 cm³/mol. The highest BCUT2D eigenvalue weighted by molar-refractivity contribution is 5.88. The number of Topliss-reactive ketones (excluding diaryl/α,β-unsaturated/α-hetero) is 1. The van der Waals surface area contributed by atoms with Crippen molar-refractivity contribution >= 4 is 5.78 Å². The van der Waals surface area contributed by atoms with Crippen LogP contribution >= 0.6 is 0 Å². The average Bonchev–Trinajstić information content (AvgIpc) is 2.33. The minimum Gasteiger partial charge on any atom is -0.391 e. The van der Waals surface area contributed by atoms with E-state index in [1.807, 2.05) is 12.2 Å². The highest BCUT2D eigenvalue weighted by Gasteiger charge is 2.55. The van der Waals surface area contributed by atoms with Crippen LogP contribution in [-0.2, 0) is 4.79 Å². The molecule has 4 aliphatic rings. The van der Waals surface area contributed by atoms with Crippen molar-refractivity contribution in [3.63, 3.8) is 0 Å². The first-order chi connectivity index (χ1) is 8.63. The molecular weight excluding hydrogens is 226 g/mol. The van der Waals surface area contributed by atoms with Gasteiger partial charge in [0.05, 0.1) is 13.2 Å². The summed E-state index contributed by atoms with van der Waals surface area (Å²) in [6.45, 7) is 2.84. The lowest BCUT2D eigenvalue weighted by Crippen LogP contribution is -2.92. The standard InChI is InChI=1S/C15H25NO2/c1-10(16-2-3-17)14(18)15-7-11-4-12(8-15)6-13(5-11)9-15/h10-13,16-17H,2-9H2,1H3/p+1/t10-,11?,12?,13?,15?/m0/s1. The fourth-order valence-electron chi connectivity index (χ4n) is 5.33. The Morgan fingerprint density at radius 2 is 1.72 bits per heavy atom. The summed E-state index contributed by atoms with van der Waals surface area (Å²) in [4.78, 5) is 12.8. The Bertz CT molecular complexity index is 304. The zero-order valence-corrected chi connectivity index (χ0v) is 11.4. The van der Waals surface area contributed by atoms with Crippen LogP contribution in [0.4, 0.5) is 0 Å². The van der Waals surface area contributed by atoms with E-state index in [2.05, 4.69) is 0 Å². The van der Waals surface area contributed by atoms with E-state index in [0.29, 0.717) is 12.3 Å². The number of quaternary nitrogens is 1. The van der Waals surface area contributed by atoms with Crippen molar-refractivity contribution in [2.45, 2.75) is 51.5 Å². The second-order valence-corrected chi connectivity index (χ2v) is 7.10. The van der Waals surface area contributed by atoms with E-state index in [1.54, 1.807) is 0 Å². The third kappa shape index (κ3) is 2.01. The average molecular weight is 252 g/mol. The van der Waals surface area contributed by atoms with E-state index in [9.17, 15) is 4.79 Å². The fourth-order valence-corrected chi connectivity index (χ4v) is 5.33. The highest BCUT2D eigenvalue weighted by atomic mass is 16.3. The Labute approximate surface area is 109 Å². The van der Waals surface area contributed by atoms with Crippen molar-refractivity contribution in [2.75, 3.05) is 13.2 Å². The molecule has 4 aliphatic carbocycles. The lowest BCUT2D eigenvalue weighted by atomic mass is 9.48. The number of carbonyl (C=O) groups excluding carboxylic acids is 1. The third-order valence-electron chi connectivity index (χ3n) is 5.62. The molecule has 0 aromatic rings. The second-order valence-electron chi connectivity index (χ2n) is 7.10. The van der Waals surface area contributed by atoms with Gasteiger partial charge in [0.25, 0.3) is 0 Å². The molecule has 3 N–H and O–H groups in total. The minimum atomic E-state index is 0.0279. The van der Waals surface area contributed by atoms with Crippen LogP contribution in [0.25, 0.3) is 0 Å². The van der Waals surface area contributed by atoms with Gasteiger partial charge in [-0.05, 0) is 63.2 Å². The van der Waals surface area contributed by atoms with Crippen molar-refractivity contribution in [3.05, 3.63) is 0 Å². The predicted octanol–water partition coefficient (Wildman–Crippen LogP) is 0.716. The van der Waals surface area contributed by atoms with E-state index in [0.717, 1.165) is 37.0 Å². The number of carbonyl (C=O) groups is 1. The second kappa shape index (κ2) is 4.61. The quantitative estimate of drug-likeness (QED) is 0.757. The Balaban J connectivity index is 1.72. The molecule has 3 heteroatoms. The molecule has 102 valence electrons. The van der Waals surface area contributed by atoms with Crippen molar-refractivity contribution < 1.29 is 15.2 Å². The zero-order chi connectivity index (χ0) is 12.8. The Morgan fingerprint density at radius 3 is 2.17 bits per heavy atom. The summed E-state index contributed by atoms with van der Waals surface area (Å²) in [5.41, 5.74) is 0.0279. The van der Waals surface area contributed by atoms with Crippen LogP contribution in [0.1, 0.15) is 45.4 Å². The maximum absolute atomic E-state index is 12.8. The minimum absolute atomic E-state index is 0.0279. The fraction of sp³-hybridized carbons (Fsp3) is 0.933. The molecule has 3 nitrogen and oxygen atoms in total. The topological polar surface area (TPSA) is 53.9 Å². The van der Waals surface area contributed by atoms with Crippen molar-refractivity contribution in [3.8, 4) is 0 Å². The van der Waals surface area contributed by atoms with Gasteiger partial charge in [-0.3, -0.25) is 4.79 Å². The van der Waals surface area contributed by atoms with Gasteiger partial charge in [0.15, 0.2) is 5.78 Å². The number of nitrogens with two attached hydrogens (primary N) is 1. The van der Waals surface area contributed by atoms with Gasteiger partial charge in [-0.25, -0.2) is 0 Å². The molecule has 0 aromatic carbocycles. The van der Waals surface area contributed by atoms with Gasteiger partial charge in [0.1, 0.15) is 6.04 Å². The van der Waals surface area contributed by atoms with Crippen LogP contribution in [0.3, 0.4) is 0 Å². The van der Waals surface area contributed by atoms with Gasteiger partial charge in [-0.2, -0.15) is 0 Å². The largest absolute Gasteiger partial charge is 0.391 e. The van der Waals surface area contributed by atoms with Crippen LogP contribution in [0.2, 0.25) is 0 Å². The third-order valence-corrected chi connectivity index (χ3v) is 5.62. The molecule has 0 heterocycles. The Morgan fingerprint density at radius 1 is 1.22 bits per heavy atom. The summed E-state index contributed by atoms with van der Waals surface area (Å²) in [5, 5.41) is 10.9. The molecule has 0 spiro atoms. The SMILES string of the molecule is C[C@H]([NH2+]CCO)C(=O)C12CC3CC(CC(C3)C1)C2. The molecule has 4 fully saturated rings. The smallest absolute Gasteiger partial charge is 0.195 e. The number of aliphatic hydroxyl groups excluding tert-OH is 1. The van der Waals surface area contributed by atoms with E-state index < -0.39 is 0 Å². The van der Waals surface area contributed by atoms with Crippen molar-refractivity contribution in [2.24, 2.45) is 23.2 Å². The summed E-state index contributed by atoms with van der Waals surface area (Å²) in [5.74, 6) is 3.00. The van der Waals surface area contributed by atoms with E-state index >= 15 is 0 Å². The molecule has 0 aromatic heterocycles. The summed E-state index contributed by atoms with van der Waals surface area (Å²) in [6.07, 6.45) is 7.66. The number of ketones is 1. The molecule has 4 bridgehead atoms. The number of hydrogen-bond donors (Lipinski definition) is 2. The summed E-state index contributed by atoms with van der Waals surface area (Å²) in [6, 6.07) is 0.0356. The van der Waals surface area contributed by atoms with Crippen LogP contribution in [0, 0.1) is 23.2 Å². The Hall–Kier alpha value is -0.410. The van der Waals surface area contributed by atoms with Crippen LogP contribution in [0.5, 0.6) is 0 Å². The summed E-state index contributed by atoms with van der Waals surface area (Å²) in [7, 11) is 0. The van der Waals surface area contributed by atoms with Crippen LogP contribution < -0.4 is 5.32 Å². The van der Waals surface area contributed by atoms with Gasteiger partial charge in [-0.1, -0.05) is 0 Å². The monoisotopic (exact) mass is 252 g/mol. The normalized spacial score (nSPS) is 43.1. The number of aliphatic hydroxyl groups is 1. The first-order valence-corrected chi connectivity index (χ1v) is 7.61. The van der Waals surface area contributed by atoms with Gasteiger partial charge in [-0.15, -0.1) is 0 Å². The zero-order valence-electron chi connectivity index (χ0n) is 11.4. The molecule has 1 atom stereocenters. The lowest BCUT2D eigenvalue weighted by Gasteiger charge is -2.56. The van der Waals surface area contributed by atoms with Gasteiger partial charge >= 0.3 is 0 Å². The number of rotatable bonds is 5. The van der Waals surface area contributed by atoms with E-state index in [4.69, 9.17) is 5.11 Å². The first kappa shape index (κ1) is 12.6. The first-order valence-electron chi connectivity index (χ1n) is 7.61. The number of hydrogen-bond acceptors (Lipinski definition) is 2.